The number of hydrogen-bond donors (Lipinski definition) is 0. The van der Waals surface area contributed by atoms with Crippen LogP contribution in [0.15, 0.2) is 11.6 Å². The molecule has 0 aliphatic carbocycles. The summed E-state index contributed by atoms with van der Waals surface area (Å²) >= 11 is 0. The van der Waals surface area contributed by atoms with Gasteiger partial charge < -0.3 is 4.74 Å². The Hall–Kier alpha value is -0.790. The van der Waals surface area contributed by atoms with Crippen molar-refractivity contribution >= 4 is 5.97 Å². The van der Waals surface area contributed by atoms with Crippen LogP contribution in [-0.2, 0) is 9.53 Å². The van der Waals surface area contributed by atoms with Crippen LogP contribution >= 0.6 is 0 Å². The third kappa shape index (κ3) is 1.68. The maximum atomic E-state index is 11.3. The molecule has 2 nitrogen and oxygen atoms in total. The van der Waals surface area contributed by atoms with Crippen LogP contribution in [0.2, 0.25) is 0 Å². The van der Waals surface area contributed by atoms with Gasteiger partial charge in [-0.05, 0) is 17.9 Å². The van der Waals surface area contributed by atoms with Crippen molar-refractivity contribution in [3.05, 3.63) is 11.6 Å². The summed E-state index contributed by atoms with van der Waals surface area (Å²) in [5.74, 6) is -0.144. The molecule has 0 saturated heterocycles. The van der Waals surface area contributed by atoms with Crippen molar-refractivity contribution in [1.82, 2.24) is 0 Å². The summed E-state index contributed by atoms with van der Waals surface area (Å²) in [7, 11) is 0. The molecule has 1 atom stereocenters. The maximum absolute atomic E-state index is 11.3. The number of ether oxygens (including phenoxy) is 1. The van der Waals surface area contributed by atoms with E-state index >= 15 is 0 Å². The van der Waals surface area contributed by atoms with Crippen LogP contribution < -0.4 is 0 Å². The first kappa shape index (κ1) is 9.30. The van der Waals surface area contributed by atoms with Gasteiger partial charge in [-0.2, -0.15) is 0 Å². The second-order valence-corrected chi connectivity index (χ2v) is 4.18. The molecule has 1 unspecified atom stereocenters. The predicted octanol–water partition coefficient (Wildman–Crippen LogP) is 2.29. The Balaban J connectivity index is 2.84. The van der Waals surface area contributed by atoms with Crippen molar-refractivity contribution in [3.63, 3.8) is 0 Å². The zero-order valence-corrected chi connectivity index (χ0v) is 8.18. The fraction of sp³-hybridized carbons (Fsp3) is 0.700. The van der Waals surface area contributed by atoms with Crippen LogP contribution in [0.4, 0.5) is 0 Å². The van der Waals surface area contributed by atoms with Crippen LogP contribution in [0.3, 0.4) is 0 Å². The van der Waals surface area contributed by atoms with Gasteiger partial charge in [0.1, 0.15) is 6.10 Å². The molecule has 0 fully saturated rings. The molecule has 0 aromatic carbocycles. The highest BCUT2D eigenvalue weighted by molar-refractivity contribution is 5.92. The lowest BCUT2D eigenvalue weighted by Gasteiger charge is -2.16. The zero-order valence-electron chi connectivity index (χ0n) is 8.18. The van der Waals surface area contributed by atoms with Crippen molar-refractivity contribution in [2.45, 2.75) is 40.2 Å². The van der Waals surface area contributed by atoms with Gasteiger partial charge in [-0.3, -0.25) is 0 Å². The fourth-order valence-electron chi connectivity index (χ4n) is 1.25. The Morgan fingerprint density at radius 1 is 1.50 bits per heavy atom. The Morgan fingerprint density at radius 3 is 2.33 bits per heavy atom. The molecule has 0 bridgehead atoms. The highest BCUT2D eigenvalue weighted by atomic mass is 16.5. The lowest BCUT2D eigenvalue weighted by molar-refractivity contribution is -0.140. The fourth-order valence-corrected chi connectivity index (χ4v) is 1.25. The minimum atomic E-state index is -0.144. The highest BCUT2D eigenvalue weighted by Gasteiger charge is 2.32. The van der Waals surface area contributed by atoms with Crippen LogP contribution in [0.5, 0.6) is 0 Å². The molecule has 0 N–H and O–H groups in total. The lowest BCUT2D eigenvalue weighted by Crippen LogP contribution is -2.15. The van der Waals surface area contributed by atoms with Gasteiger partial charge in [0.15, 0.2) is 0 Å². The minimum absolute atomic E-state index is 0.00623. The van der Waals surface area contributed by atoms with E-state index < -0.39 is 0 Å². The summed E-state index contributed by atoms with van der Waals surface area (Å²) in [6, 6.07) is 0. The van der Waals surface area contributed by atoms with E-state index in [2.05, 4.69) is 0 Å². The van der Waals surface area contributed by atoms with Crippen molar-refractivity contribution in [1.29, 1.82) is 0 Å². The van der Waals surface area contributed by atoms with Gasteiger partial charge in [0.2, 0.25) is 0 Å². The minimum Gasteiger partial charge on any atom is -0.455 e. The average molecular weight is 168 g/mol. The number of esters is 1. The van der Waals surface area contributed by atoms with E-state index in [9.17, 15) is 4.79 Å². The van der Waals surface area contributed by atoms with Gasteiger partial charge in [0, 0.05) is 5.57 Å². The van der Waals surface area contributed by atoms with Crippen LogP contribution in [-0.4, -0.2) is 12.1 Å². The number of carbonyl (C=O) groups is 1. The summed E-state index contributed by atoms with van der Waals surface area (Å²) in [5.41, 5.74) is 0.732. The molecule has 1 aliphatic rings. The second-order valence-electron chi connectivity index (χ2n) is 4.18. The topological polar surface area (TPSA) is 26.3 Å². The largest absolute Gasteiger partial charge is 0.455 e. The van der Waals surface area contributed by atoms with E-state index in [-0.39, 0.29) is 17.5 Å². The molecular weight excluding hydrogens is 152 g/mol. The molecule has 68 valence electrons. The van der Waals surface area contributed by atoms with Crippen molar-refractivity contribution in [2.24, 2.45) is 5.41 Å². The Morgan fingerprint density at radius 2 is 2.08 bits per heavy atom. The molecule has 0 saturated carbocycles. The van der Waals surface area contributed by atoms with Crippen molar-refractivity contribution in [2.75, 3.05) is 0 Å². The number of carbonyl (C=O) groups excluding carboxylic acids is 1. The number of cyclic esters (lactones) is 1. The maximum Gasteiger partial charge on any atom is 0.334 e. The Bertz CT molecular complexity index is 220. The molecule has 1 rings (SSSR count). The first-order chi connectivity index (χ1) is 5.45. The van der Waals surface area contributed by atoms with Gasteiger partial charge in [0.25, 0.3) is 0 Å². The van der Waals surface area contributed by atoms with Gasteiger partial charge in [-0.15, -0.1) is 0 Å². The molecule has 0 aromatic rings. The Labute approximate surface area is 73.6 Å². The quantitative estimate of drug-likeness (QED) is 0.561. The van der Waals surface area contributed by atoms with Gasteiger partial charge in [0.05, 0.1) is 0 Å². The van der Waals surface area contributed by atoms with E-state index in [0.29, 0.717) is 0 Å². The van der Waals surface area contributed by atoms with Crippen LogP contribution in [0, 0.1) is 5.41 Å². The number of rotatable bonds is 1. The molecule has 12 heavy (non-hydrogen) atoms. The second kappa shape index (κ2) is 2.92. The van der Waals surface area contributed by atoms with Crippen LogP contribution in [0.25, 0.3) is 0 Å². The summed E-state index contributed by atoms with van der Waals surface area (Å²) in [4.78, 5) is 11.3. The third-order valence-electron chi connectivity index (χ3n) is 2.04. The normalized spacial score (nSPS) is 23.8. The van der Waals surface area contributed by atoms with E-state index in [4.69, 9.17) is 4.74 Å². The van der Waals surface area contributed by atoms with E-state index in [1.807, 2.05) is 33.8 Å². The Kier molecular flexibility index (Phi) is 2.27. The number of hydrogen-bond acceptors (Lipinski definition) is 2. The summed E-state index contributed by atoms with van der Waals surface area (Å²) in [6.45, 7) is 8.09. The molecule has 2 heteroatoms. The average Bonchev–Trinajstić information content (AvgIpc) is 2.29. The van der Waals surface area contributed by atoms with Crippen LogP contribution in [0.1, 0.15) is 34.1 Å². The van der Waals surface area contributed by atoms with E-state index in [1.54, 1.807) is 0 Å². The SMILES string of the molecule is CCC1C=C(C(C)(C)C)C(=O)O1. The zero-order chi connectivity index (χ0) is 9.35. The summed E-state index contributed by atoms with van der Waals surface area (Å²) < 4.78 is 5.12. The molecule has 0 amide bonds. The summed E-state index contributed by atoms with van der Waals surface area (Å²) in [5, 5.41) is 0. The standard InChI is InChI=1S/C10H16O2/c1-5-7-6-8(9(11)12-7)10(2,3)4/h6-7H,5H2,1-4H3. The molecule has 1 aliphatic heterocycles. The molecule has 0 spiro atoms. The predicted molar refractivity (Wildman–Crippen MR) is 47.7 cm³/mol. The van der Waals surface area contributed by atoms with Crippen molar-refractivity contribution < 1.29 is 9.53 Å². The van der Waals surface area contributed by atoms with Gasteiger partial charge in [-0.25, -0.2) is 4.79 Å². The van der Waals surface area contributed by atoms with Crippen molar-refractivity contribution in [3.8, 4) is 0 Å². The molecule has 0 radical (unpaired) electrons. The monoisotopic (exact) mass is 168 g/mol. The van der Waals surface area contributed by atoms with E-state index in [0.717, 1.165) is 12.0 Å². The van der Waals surface area contributed by atoms with Gasteiger partial charge in [-0.1, -0.05) is 27.7 Å². The molecule has 1 heterocycles. The third-order valence-corrected chi connectivity index (χ3v) is 2.04. The van der Waals surface area contributed by atoms with E-state index in [1.165, 1.54) is 0 Å². The molecule has 0 aromatic heterocycles. The lowest BCUT2D eigenvalue weighted by atomic mass is 9.86. The molecular formula is C10H16O2. The smallest absolute Gasteiger partial charge is 0.334 e. The first-order valence-corrected chi connectivity index (χ1v) is 4.38. The first-order valence-electron chi connectivity index (χ1n) is 4.38. The van der Waals surface area contributed by atoms with Gasteiger partial charge >= 0.3 is 5.97 Å². The summed E-state index contributed by atoms with van der Waals surface area (Å²) in [6.07, 6.45) is 2.82. The highest BCUT2D eigenvalue weighted by Crippen LogP contribution is 2.31.